The Bertz CT molecular complexity index is 788. The molecule has 5 nitrogen and oxygen atoms in total. The SMILES string of the molecule is CC(c1ccc(Cl)cc1)N(C(=O)Cc1ccccc1[N+](=O)[O-])C1CC1. The molecule has 0 saturated heterocycles. The first kappa shape index (κ1) is 17.4. The fourth-order valence-electron chi connectivity index (χ4n) is 3.08. The molecule has 1 fully saturated rings. The minimum absolute atomic E-state index is 0.00857. The van der Waals surface area contributed by atoms with E-state index in [1.807, 2.05) is 36.1 Å². The van der Waals surface area contributed by atoms with Gasteiger partial charge in [0.1, 0.15) is 0 Å². The van der Waals surface area contributed by atoms with E-state index >= 15 is 0 Å². The number of carbonyl (C=O) groups is 1. The summed E-state index contributed by atoms with van der Waals surface area (Å²) in [5, 5.41) is 11.8. The molecule has 2 aromatic rings. The van der Waals surface area contributed by atoms with E-state index in [0.717, 1.165) is 18.4 Å². The van der Waals surface area contributed by atoms with Gasteiger partial charge in [0.15, 0.2) is 0 Å². The van der Waals surface area contributed by atoms with Gasteiger partial charge in [0.05, 0.1) is 17.4 Å². The molecule has 1 unspecified atom stereocenters. The minimum Gasteiger partial charge on any atom is -0.333 e. The maximum Gasteiger partial charge on any atom is 0.273 e. The largest absolute Gasteiger partial charge is 0.333 e. The molecule has 0 aromatic heterocycles. The summed E-state index contributed by atoms with van der Waals surface area (Å²) in [6, 6.07) is 14.0. The van der Waals surface area contributed by atoms with Crippen molar-refractivity contribution in [3.8, 4) is 0 Å². The Balaban J connectivity index is 1.82. The molecule has 2 aromatic carbocycles. The van der Waals surface area contributed by atoms with Crippen LogP contribution in [-0.2, 0) is 11.2 Å². The van der Waals surface area contributed by atoms with E-state index in [1.54, 1.807) is 18.2 Å². The van der Waals surface area contributed by atoms with Crippen LogP contribution in [0.15, 0.2) is 48.5 Å². The highest BCUT2D eigenvalue weighted by Crippen LogP contribution is 2.35. The average Bonchev–Trinajstić information content (AvgIpc) is 3.40. The number of nitro benzene ring substituents is 1. The highest BCUT2D eigenvalue weighted by molar-refractivity contribution is 6.30. The van der Waals surface area contributed by atoms with Gasteiger partial charge in [-0.05, 0) is 37.5 Å². The molecule has 0 N–H and O–H groups in total. The van der Waals surface area contributed by atoms with Gasteiger partial charge in [-0.3, -0.25) is 14.9 Å². The standard InChI is InChI=1S/C19H19ClN2O3/c1-13(14-6-8-16(20)9-7-14)21(17-10-11-17)19(23)12-15-4-2-3-5-18(15)22(24)25/h2-9,13,17H,10-12H2,1H3. The van der Waals surface area contributed by atoms with E-state index < -0.39 is 4.92 Å². The van der Waals surface area contributed by atoms with Crippen molar-refractivity contribution < 1.29 is 9.72 Å². The van der Waals surface area contributed by atoms with Crippen molar-refractivity contribution in [1.82, 2.24) is 4.90 Å². The van der Waals surface area contributed by atoms with Crippen molar-refractivity contribution in [1.29, 1.82) is 0 Å². The molecule has 0 bridgehead atoms. The van der Waals surface area contributed by atoms with Crippen LogP contribution in [0.25, 0.3) is 0 Å². The van der Waals surface area contributed by atoms with Gasteiger partial charge in [-0.15, -0.1) is 0 Å². The zero-order chi connectivity index (χ0) is 18.0. The van der Waals surface area contributed by atoms with Crippen LogP contribution >= 0.6 is 11.6 Å². The number of amides is 1. The first-order valence-corrected chi connectivity index (χ1v) is 8.64. The molecular formula is C19H19ClN2O3. The lowest BCUT2D eigenvalue weighted by Crippen LogP contribution is -2.36. The Labute approximate surface area is 151 Å². The second-order valence-electron chi connectivity index (χ2n) is 6.32. The molecule has 0 aliphatic heterocycles. The number of nitro groups is 1. The Hall–Kier alpha value is -2.40. The lowest BCUT2D eigenvalue weighted by molar-refractivity contribution is -0.385. The second kappa shape index (κ2) is 7.23. The zero-order valence-electron chi connectivity index (χ0n) is 13.9. The Morgan fingerprint density at radius 2 is 1.88 bits per heavy atom. The third-order valence-electron chi connectivity index (χ3n) is 4.53. The molecular weight excluding hydrogens is 340 g/mol. The van der Waals surface area contributed by atoms with Gasteiger partial charge in [0, 0.05) is 22.7 Å². The fraction of sp³-hybridized carbons (Fsp3) is 0.316. The van der Waals surface area contributed by atoms with E-state index in [4.69, 9.17) is 11.6 Å². The van der Waals surface area contributed by atoms with E-state index in [-0.39, 0.29) is 30.1 Å². The van der Waals surface area contributed by atoms with Crippen molar-refractivity contribution in [2.24, 2.45) is 0 Å². The van der Waals surface area contributed by atoms with Gasteiger partial charge in [0.25, 0.3) is 5.69 Å². The van der Waals surface area contributed by atoms with Crippen LogP contribution in [0.5, 0.6) is 0 Å². The van der Waals surface area contributed by atoms with Crippen LogP contribution in [0.2, 0.25) is 5.02 Å². The number of nitrogens with zero attached hydrogens (tertiary/aromatic N) is 2. The lowest BCUT2D eigenvalue weighted by atomic mass is 10.0. The summed E-state index contributed by atoms with van der Waals surface area (Å²) in [4.78, 5) is 25.5. The normalized spacial score (nSPS) is 14.8. The van der Waals surface area contributed by atoms with Crippen molar-refractivity contribution >= 4 is 23.2 Å². The molecule has 1 amide bonds. The summed E-state index contributed by atoms with van der Waals surface area (Å²) in [5.41, 5.74) is 1.45. The molecule has 0 spiro atoms. The fourth-order valence-corrected chi connectivity index (χ4v) is 3.21. The zero-order valence-corrected chi connectivity index (χ0v) is 14.6. The summed E-state index contributed by atoms with van der Waals surface area (Å²) in [6.45, 7) is 1.98. The molecule has 0 radical (unpaired) electrons. The summed E-state index contributed by atoms with van der Waals surface area (Å²) < 4.78 is 0. The first-order valence-electron chi connectivity index (χ1n) is 8.26. The Morgan fingerprint density at radius 3 is 2.48 bits per heavy atom. The highest BCUT2D eigenvalue weighted by Gasteiger charge is 2.36. The predicted octanol–water partition coefficient (Wildman–Crippen LogP) is 4.54. The Morgan fingerprint density at radius 1 is 1.24 bits per heavy atom. The van der Waals surface area contributed by atoms with Gasteiger partial charge in [-0.25, -0.2) is 0 Å². The topological polar surface area (TPSA) is 63.5 Å². The number of halogens is 1. The number of para-hydroxylation sites is 1. The molecule has 1 aliphatic carbocycles. The van der Waals surface area contributed by atoms with Gasteiger partial charge < -0.3 is 4.90 Å². The van der Waals surface area contributed by atoms with E-state index in [2.05, 4.69) is 0 Å². The van der Waals surface area contributed by atoms with Crippen molar-refractivity contribution in [3.63, 3.8) is 0 Å². The summed E-state index contributed by atoms with van der Waals surface area (Å²) >= 11 is 5.94. The molecule has 1 atom stereocenters. The van der Waals surface area contributed by atoms with Crippen LogP contribution in [0.1, 0.15) is 36.9 Å². The molecule has 6 heteroatoms. The molecule has 1 aliphatic rings. The number of rotatable bonds is 6. The van der Waals surface area contributed by atoms with Gasteiger partial charge in [0.2, 0.25) is 5.91 Å². The number of hydrogen-bond acceptors (Lipinski definition) is 3. The summed E-state index contributed by atoms with van der Waals surface area (Å²) in [7, 11) is 0. The summed E-state index contributed by atoms with van der Waals surface area (Å²) in [5.74, 6) is -0.0840. The third-order valence-corrected chi connectivity index (χ3v) is 4.78. The Kier molecular flexibility index (Phi) is 5.04. The van der Waals surface area contributed by atoms with Crippen LogP contribution < -0.4 is 0 Å². The number of carbonyl (C=O) groups excluding carboxylic acids is 1. The van der Waals surface area contributed by atoms with Crippen LogP contribution in [0.4, 0.5) is 5.69 Å². The monoisotopic (exact) mass is 358 g/mol. The maximum absolute atomic E-state index is 12.9. The van der Waals surface area contributed by atoms with Crippen LogP contribution in [-0.4, -0.2) is 21.8 Å². The first-order chi connectivity index (χ1) is 12.0. The smallest absolute Gasteiger partial charge is 0.273 e. The second-order valence-corrected chi connectivity index (χ2v) is 6.76. The van der Waals surface area contributed by atoms with Crippen molar-refractivity contribution in [2.45, 2.75) is 38.3 Å². The van der Waals surface area contributed by atoms with E-state index in [1.165, 1.54) is 6.07 Å². The van der Waals surface area contributed by atoms with Gasteiger partial charge in [-0.1, -0.05) is 41.9 Å². The molecule has 3 rings (SSSR count). The van der Waals surface area contributed by atoms with Crippen molar-refractivity contribution in [2.75, 3.05) is 0 Å². The molecule has 25 heavy (non-hydrogen) atoms. The number of benzene rings is 2. The minimum atomic E-state index is -0.438. The van der Waals surface area contributed by atoms with E-state index in [0.29, 0.717) is 10.6 Å². The quantitative estimate of drug-likeness (QED) is 0.562. The van der Waals surface area contributed by atoms with Gasteiger partial charge in [-0.2, -0.15) is 0 Å². The lowest BCUT2D eigenvalue weighted by Gasteiger charge is -2.30. The average molecular weight is 359 g/mol. The van der Waals surface area contributed by atoms with Crippen molar-refractivity contribution in [3.05, 3.63) is 74.8 Å². The highest BCUT2D eigenvalue weighted by atomic mass is 35.5. The van der Waals surface area contributed by atoms with Crippen LogP contribution in [0.3, 0.4) is 0 Å². The molecule has 0 heterocycles. The van der Waals surface area contributed by atoms with E-state index in [9.17, 15) is 14.9 Å². The molecule has 130 valence electrons. The van der Waals surface area contributed by atoms with Gasteiger partial charge >= 0.3 is 0 Å². The number of hydrogen-bond donors (Lipinski definition) is 0. The van der Waals surface area contributed by atoms with Crippen LogP contribution in [0, 0.1) is 10.1 Å². The maximum atomic E-state index is 12.9. The third kappa shape index (κ3) is 3.99. The predicted molar refractivity (Wildman–Crippen MR) is 96.5 cm³/mol. The summed E-state index contributed by atoms with van der Waals surface area (Å²) in [6.07, 6.45) is 1.98. The molecule has 1 saturated carbocycles.